The summed E-state index contributed by atoms with van der Waals surface area (Å²) in [6, 6.07) is 5.17. The minimum Gasteiger partial charge on any atom is -0.363 e. The van der Waals surface area contributed by atoms with E-state index in [0.29, 0.717) is 29.6 Å². The van der Waals surface area contributed by atoms with Gasteiger partial charge in [-0.1, -0.05) is 11.6 Å². The van der Waals surface area contributed by atoms with Gasteiger partial charge in [0.1, 0.15) is 12.0 Å². The van der Waals surface area contributed by atoms with Crippen molar-refractivity contribution in [3.8, 4) is 11.3 Å². The number of anilines is 1. The first-order chi connectivity index (χ1) is 11.2. The molecule has 3 aromatic heterocycles. The quantitative estimate of drug-likeness (QED) is 0.769. The van der Waals surface area contributed by atoms with Crippen molar-refractivity contribution in [3.63, 3.8) is 0 Å². The Morgan fingerprint density at radius 3 is 3.04 bits per heavy atom. The number of nitrogens with zero attached hydrogens (tertiary/aromatic N) is 4. The molecule has 1 aliphatic rings. The molecule has 4 rings (SSSR count). The molecule has 0 aromatic carbocycles. The number of hydrogen-bond acceptors (Lipinski definition) is 5. The van der Waals surface area contributed by atoms with Gasteiger partial charge in [-0.2, -0.15) is 5.10 Å². The van der Waals surface area contributed by atoms with Crippen molar-refractivity contribution in [1.82, 2.24) is 24.9 Å². The van der Waals surface area contributed by atoms with Crippen LogP contribution in [-0.4, -0.2) is 44.9 Å². The van der Waals surface area contributed by atoms with E-state index in [0.717, 1.165) is 11.3 Å². The fraction of sp³-hybridized carbons (Fsp3) is 0.267. The summed E-state index contributed by atoms with van der Waals surface area (Å²) in [5.41, 5.74) is 2.23. The van der Waals surface area contributed by atoms with E-state index in [1.54, 1.807) is 29.2 Å². The molecule has 1 fully saturated rings. The van der Waals surface area contributed by atoms with Crippen LogP contribution in [0.15, 0.2) is 36.8 Å². The highest BCUT2D eigenvalue weighted by atomic mass is 35.5. The van der Waals surface area contributed by atoms with E-state index in [4.69, 9.17) is 11.6 Å². The summed E-state index contributed by atoms with van der Waals surface area (Å²) in [7, 11) is 0. The molecule has 0 bridgehead atoms. The molecule has 0 unspecified atom stereocenters. The third kappa shape index (κ3) is 2.62. The average Bonchev–Trinajstić information content (AvgIpc) is 3.14. The van der Waals surface area contributed by atoms with E-state index in [1.165, 1.54) is 0 Å². The van der Waals surface area contributed by atoms with Crippen LogP contribution in [0.5, 0.6) is 0 Å². The van der Waals surface area contributed by atoms with Crippen molar-refractivity contribution in [2.45, 2.75) is 12.2 Å². The molecule has 1 aliphatic heterocycles. The van der Waals surface area contributed by atoms with Crippen LogP contribution in [0.25, 0.3) is 16.9 Å². The lowest BCUT2D eigenvalue weighted by atomic mass is 10.1. The largest absolute Gasteiger partial charge is 0.363 e. The van der Waals surface area contributed by atoms with Crippen LogP contribution >= 0.6 is 11.6 Å². The Hall–Kier alpha value is -2.25. The third-order valence-electron chi connectivity index (χ3n) is 3.87. The van der Waals surface area contributed by atoms with E-state index < -0.39 is 6.17 Å². The lowest BCUT2D eigenvalue weighted by Gasteiger charge is -2.17. The zero-order valence-corrected chi connectivity index (χ0v) is 12.8. The number of hydrogen-bond donors (Lipinski definition) is 2. The molecule has 0 amide bonds. The fourth-order valence-corrected chi connectivity index (χ4v) is 2.87. The highest BCUT2D eigenvalue weighted by molar-refractivity contribution is 6.30. The van der Waals surface area contributed by atoms with Crippen LogP contribution in [0.2, 0.25) is 5.02 Å². The van der Waals surface area contributed by atoms with Crippen molar-refractivity contribution in [1.29, 1.82) is 0 Å². The van der Waals surface area contributed by atoms with Crippen molar-refractivity contribution < 1.29 is 4.39 Å². The zero-order chi connectivity index (χ0) is 15.8. The maximum atomic E-state index is 13.8. The Bertz CT molecular complexity index is 851. The van der Waals surface area contributed by atoms with Gasteiger partial charge < -0.3 is 10.6 Å². The molecule has 0 radical (unpaired) electrons. The summed E-state index contributed by atoms with van der Waals surface area (Å²) in [5, 5.41) is 11.0. The van der Waals surface area contributed by atoms with Gasteiger partial charge in [0.25, 0.3) is 0 Å². The number of imidazole rings is 1. The van der Waals surface area contributed by atoms with Gasteiger partial charge in [-0.25, -0.2) is 18.9 Å². The van der Waals surface area contributed by atoms with Gasteiger partial charge in [-0.15, -0.1) is 0 Å². The predicted octanol–water partition coefficient (Wildman–Crippen LogP) is 2.17. The zero-order valence-electron chi connectivity index (χ0n) is 12.1. The van der Waals surface area contributed by atoms with Crippen LogP contribution in [0.1, 0.15) is 0 Å². The first-order valence-electron chi connectivity index (χ1n) is 7.28. The molecule has 23 heavy (non-hydrogen) atoms. The van der Waals surface area contributed by atoms with Crippen LogP contribution in [-0.2, 0) is 0 Å². The average molecular weight is 333 g/mol. The predicted molar refractivity (Wildman–Crippen MR) is 86.4 cm³/mol. The molecular weight excluding hydrogens is 319 g/mol. The number of halogens is 2. The number of nitrogens with one attached hydrogen (secondary N) is 2. The third-order valence-corrected chi connectivity index (χ3v) is 4.08. The Labute approximate surface area is 136 Å². The minimum atomic E-state index is -0.941. The Balaban J connectivity index is 1.76. The second kappa shape index (κ2) is 5.75. The first-order valence-corrected chi connectivity index (χ1v) is 7.66. The summed E-state index contributed by atoms with van der Waals surface area (Å²) in [6.07, 6.45) is 4.00. The Morgan fingerprint density at radius 1 is 1.30 bits per heavy atom. The molecule has 0 spiro atoms. The lowest BCUT2D eigenvalue weighted by Crippen LogP contribution is -2.30. The summed E-state index contributed by atoms with van der Waals surface area (Å²) in [5.74, 6) is 0.613. The molecule has 6 nitrogen and oxygen atoms in total. The highest BCUT2D eigenvalue weighted by Crippen LogP contribution is 2.28. The smallest absolute Gasteiger partial charge is 0.155 e. The topological polar surface area (TPSA) is 67.1 Å². The van der Waals surface area contributed by atoms with Crippen LogP contribution in [0.3, 0.4) is 0 Å². The molecule has 8 heteroatoms. The molecule has 0 aliphatic carbocycles. The second-order valence-electron chi connectivity index (χ2n) is 5.41. The number of aromatic nitrogens is 4. The van der Waals surface area contributed by atoms with Crippen molar-refractivity contribution in [2.24, 2.45) is 0 Å². The van der Waals surface area contributed by atoms with Gasteiger partial charge in [0, 0.05) is 30.9 Å². The normalized spacial score (nSPS) is 21.0. The maximum absolute atomic E-state index is 13.8. The maximum Gasteiger partial charge on any atom is 0.155 e. The highest BCUT2D eigenvalue weighted by Gasteiger charge is 2.27. The van der Waals surface area contributed by atoms with Crippen LogP contribution < -0.4 is 10.6 Å². The summed E-state index contributed by atoms with van der Waals surface area (Å²) in [6.45, 7) is 0.924. The second-order valence-corrected chi connectivity index (χ2v) is 5.85. The molecule has 0 saturated carbocycles. The molecule has 1 saturated heterocycles. The van der Waals surface area contributed by atoms with Crippen LogP contribution in [0, 0.1) is 0 Å². The van der Waals surface area contributed by atoms with Gasteiger partial charge in [0.15, 0.2) is 5.65 Å². The fourth-order valence-electron chi connectivity index (χ4n) is 2.73. The molecule has 2 N–H and O–H groups in total. The Morgan fingerprint density at radius 2 is 2.22 bits per heavy atom. The van der Waals surface area contributed by atoms with Gasteiger partial charge >= 0.3 is 0 Å². The van der Waals surface area contributed by atoms with Gasteiger partial charge in [0.2, 0.25) is 0 Å². The van der Waals surface area contributed by atoms with Crippen molar-refractivity contribution >= 4 is 23.1 Å². The van der Waals surface area contributed by atoms with E-state index in [9.17, 15) is 4.39 Å². The minimum absolute atomic E-state index is 0.301. The van der Waals surface area contributed by atoms with Gasteiger partial charge in [-0.05, 0) is 12.1 Å². The van der Waals surface area contributed by atoms with Gasteiger partial charge in [0.05, 0.1) is 29.2 Å². The molecular formula is C15H14ClFN6. The SMILES string of the molecule is F[C@H]1CNC[C@@H]1Nc1ncccc1-c1cnc2cc(Cl)cnn12. The van der Waals surface area contributed by atoms with E-state index >= 15 is 0 Å². The number of rotatable bonds is 3. The summed E-state index contributed by atoms with van der Waals surface area (Å²) < 4.78 is 15.5. The molecule has 4 heterocycles. The number of fused-ring (bicyclic) bond motifs is 1. The number of alkyl halides is 1. The van der Waals surface area contributed by atoms with Crippen molar-refractivity contribution in [3.05, 3.63) is 41.8 Å². The number of pyridine rings is 1. The monoisotopic (exact) mass is 332 g/mol. The van der Waals surface area contributed by atoms with E-state index in [-0.39, 0.29) is 6.04 Å². The standard InChI is InChI=1S/C15H14ClFN6/c16-9-4-14-20-8-13(23(14)21-5-9)10-2-1-3-19-15(10)22-12-7-18-6-11(12)17/h1-5,8,11-12,18H,6-7H2,(H,19,22)/t11-,12-/m0/s1. The Kier molecular flexibility index (Phi) is 3.59. The van der Waals surface area contributed by atoms with E-state index in [2.05, 4.69) is 25.7 Å². The molecule has 118 valence electrons. The first kappa shape index (κ1) is 14.3. The molecule has 2 atom stereocenters. The lowest BCUT2D eigenvalue weighted by molar-refractivity contribution is 0.342. The molecule has 3 aromatic rings. The van der Waals surface area contributed by atoms with Gasteiger partial charge in [-0.3, -0.25) is 0 Å². The van der Waals surface area contributed by atoms with E-state index in [1.807, 2.05) is 12.1 Å². The van der Waals surface area contributed by atoms with Crippen molar-refractivity contribution in [2.75, 3.05) is 18.4 Å². The summed E-state index contributed by atoms with van der Waals surface area (Å²) >= 11 is 5.95. The van der Waals surface area contributed by atoms with Crippen LogP contribution in [0.4, 0.5) is 10.2 Å². The summed E-state index contributed by atoms with van der Waals surface area (Å²) in [4.78, 5) is 8.67.